The van der Waals surface area contributed by atoms with E-state index in [1.54, 1.807) is 0 Å². The summed E-state index contributed by atoms with van der Waals surface area (Å²) >= 11 is 0. The van der Waals surface area contributed by atoms with E-state index >= 15 is 0 Å². The normalized spacial score (nSPS) is 12.0. The number of rotatable bonds is 3. The molecular formula is C42H35B10NO2. The molecule has 0 spiro atoms. The standard InChI is InChI=1S/C42H35B10NO2/c43-29-26-25-30(44)33(47)35(49)37(51)39(25)53(40(26)42-28(31(29)45)27-32(46)34(48)36(50)38(52)41(27)55-42)19-14-12-17(13-15-19)16-8-10-18(11-9-16)20-5-3-7-23-24(20)21-4-1-2-6-22(21)54-23/h1-15H,43-52H2. The number of benzene rings is 7. The lowest BCUT2D eigenvalue weighted by Gasteiger charge is -2.16. The van der Waals surface area contributed by atoms with E-state index in [0.717, 1.165) is 44.3 Å². The second-order valence-corrected chi connectivity index (χ2v) is 15.9. The lowest BCUT2D eigenvalue weighted by atomic mass is 9.64. The Labute approximate surface area is 329 Å². The van der Waals surface area contributed by atoms with Crippen LogP contribution in [0.3, 0.4) is 0 Å². The summed E-state index contributed by atoms with van der Waals surface area (Å²) in [6.07, 6.45) is 0. The van der Waals surface area contributed by atoms with Gasteiger partial charge in [-0.1, -0.05) is 110 Å². The van der Waals surface area contributed by atoms with Crippen molar-refractivity contribution in [3.63, 3.8) is 0 Å². The lowest BCUT2D eigenvalue weighted by molar-refractivity contribution is 0.669. The van der Waals surface area contributed by atoms with Crippen molar-refractivity contribution < 1.29 is 8.83 Å². The van der Waals surface area contributed by atoms with Gasteiger partial charge in [0.25, 0.3) is 0 Å². The van der Waals surface area contributed by atoms with Crippen molar-refractivity contribution in [2.24, 2.45) is 0 Å². The molecule has 0 aliphatic carbocycles. The molecule has 0 bridgehead atoms. The Morgan fingerprint density at radius 3 is 1.56 bits per heavy atom. The molecule has 0 atom stereocenters. The van der Waals surface area contributed by atoms with Gasteiger partial charge in [0.2, 0.25) is 0 Å². The number of furan rings is 2. The van der Waals surface area contributed by atoms with Crippen LogP contribution in [0.25, 0.3) is 93.6 Å². The third kappa shape index (κ3) is 4.59. The van der Waals surface area contributed by atoms with Crippen molar-refractivity contribution in [1.82, 2.24) is 4.57 Å². The van der Waals surface area contributed by atoms with E-state index in [4.69, 9.17) is 8.83 Å². The summed E-state index contributed by atoms with van der Waals surface area (Å²) in [5.41, 5.74) is 25.3. The Hall–Kier alpha value is -5.41. The first kappa shape index (κ1) is 34.1. The Morgan fingerprint density at radius 2 is 0.855 bits per heavy atom. The second-order valence-electron chi connectivity index (χ2n) is 15.9. The molecular weight excluding hydrogens is 659 g/mol. The summed E-state index contributed by atoms with van der Waals surface area (Å²) < 4.78 is 15.8. The van der Waals surface area contributed by atoms with Crippen LogP contribution in [-0.4, -0.2) is 83.0 Å². The highest BCUT2D eigenvalue weighted by Crippen LogP contribution is 2.39. The molecule has 0 saturated carbocycles. The van der Waals surface area contributed by atoms with Crippen LogP contribution in [0.1, 0.15) is 0 Å². The van der Waals surface area contributed by atoms with E-state index in [1.807, 2.05) is 12.1 Å². The molecule has 0 radical (unpaired) electrons. The predicted octanol–water partition coefficient (Wildman–Crippen LogP) is -5.50. The number of fused-ring (bicyclic) bond motifs is 10. The molecule has 3 aromatic heterocycles. The summed E-state index contributed by atoms with van der Waals surface area (Å²) in [7, 11) is 22.7. The Morgan fingerprint density at radius 1 is 0.345 bits per heavy atom. The van der Waals surface area contributed by atoms with E-state index in [1.165, 1.54) is 104 Å². The minimum atomic E-state index is 0.917. The Kier molecular flexibility index (Phi) is 7.47. The van der Waals surface area contributed by atoms with Gasteiger partial charge in [-0.05, 0) is 51.9 Å². The topological polar surface area (TPSA) is 31.2 Å². The van der Waals surface area contributed by atoms with Crippen molar-refractivity contribution in [2.75, 3.05) is 0 Å². The van der Waals surface area contributed by atoms with Crippen molar-refractivity contribution >= 4 is 199 Å². The molecule has 13 heteroatoms. The quantitative estimate of drug-likeness (QED) is 0.173. The van der Waals surface area contributed by atoms with Gasteiger partial charge in [0.15, 0.2) is 5.58 Å². The van der Waals surface area contributed by atoms with Crippen molar-refractivity contribution in [3.8, 4) is 27.9 Å². The maximum absolute atomic E-state index is 7.14. The van der Waals surface area contributed by atoms with Gasteiger partial charge in [0, 0.05) is 38.1 Å². The fraction of sp³-hybridized carbons (Fsp3) is 0. The van der Waals surface area contributed by atoms with Crippen molar-refractivity contribution in [2.45, 2.75) is 0 Å². The average Bonchev–Trinajstić information content (AvgIpc) is 3.91. The van der Waals surface area contributed by atoms with E-state index in [9.17, 15) is 0 Å². The molecule has 10 rings (SSSR count). The van der Waals surface area contributed by atoms with Gasteiger partial charge in [-0.15, -0.1) is 10.9 Å². The van der Waals surface area contributed by atoms with Crippen LogP contribution in [0.15, 0.2) is 99.8 Å². The van der Waals surface area contributed by atoms with Gasteiger partial charge >= 0.3 is 0 Å². The minimum absolute atomic E-state index is 0.917. The van der Waals surface area contributed by atoms with Crippen LogP contribution in [-0.2, 0) is 0 Å². The molecule has 55 heavy (non-hydrogen) atoms. The van der Waals surface area contributed by atoms with Gasteiger partial charge in [-0.25, -0.2) is 0 Å². The average molecular weight is 694 g/mol. The predicted molar refractivity (Wildman–Crippen MR) is 268 cm³/mol. The third-order valence-corrected chi connectivity index (χ3v) is 13.5. The molecule has 0 saturated heterocycles. The fourth-order valence-electron chi connectivity index (χ4n) is 9.59. The van der Waals surface area contributed by atoms with Crippen molar-refractivity contribution in [3.05, 3.63) is 91.0 Å². The molecule has 3 heterocycles. The number of hydrogen-bond donors (Lipinski definition) is 0. The second kappa shape index (κ2) is 12.0. The van der Waals surface area contributed by atoms with E-state index in [2.05, 4.69) is 162 Å². The minimum Gasteiger partial charge on any atom is -0.456 e. The van der Waals surface area contributed by atoms with Crippen LogP contribution in [0.2, 0.25) is 0 Å². The number of para-hydroxylation sites is 1. The molecule has 0 aliphatic heterocycles. The number of nitrogens with zero attached hydrogens (tertiary/aromatic N) is 1. The van der Waals surface area contributed by atoms with E-state index < -0.39 is 0 Å². The molecule has 0 unspecified atom stereocenters. The first-order valence-corrected chi connectivity index (χ1v) is 19.5. The highest BCUT2D eigenvalue weighted by atomic mass is 16.3. The maximum Gasteiger partial charge on any atom is 0.159 e. The van der Waals surface area contributed by atoms with Crippen LogP contribution in [0, 0.1) is 0 Å². The maximum atomic E-state index is 7.14. The molecule has 250 valence electrons. The molecule has 0 amide bonds. The monoisotopic (exact) mass is 695 g/mol. The van der Waals surface area contributed by atoms with E-state index in [-0.39, 0.29) is 0 Å². The largest absolute Gasteiger partial charge is 0.456 e. The molecule has 10 aromatic rings. The van der Waals surface area contributed by atoms with Crippen LogP contribution in [0.5, 0.6) is 0 Å². The summed E-state index contributed by atoms with van der Waals surface area (Å²) in [5.74, 6) is 0. The molecule has 3 nitrogen and oxygen atoms in total. The van der Waals surface area contributed by atoms with E-state index in [0.29, 0.717) is 0 Å². The highest BCUT2D eigenvalue weighted by molar-refractivity contribution is 6.71. The molecule has 0 N–H and O–H groups in total. The first-order valence-electron chi connectivity index (χ1n) is 19.5. The van der Waals surface area contributed by atoms with Crippen molar-refractivity contribution in [1.29, 1.82) is 0 Å². The van der Waals surface area contributed by atoms with Crippen LogP contribution in [0.4, 0.5) is 0 Å². The zero-order valence-electron chi connectivity index (χ0n) is 33.4. The highest BCUT2D eigenvalue weighted by Gasteiger charge is 2.27. The van der Waals surface area contributed by atoms with Crippen LogP contribution < -0.4 is 54.6 Å². The van der Waals surface area contributed by atoms with Gasteiger partial charge in [-0.2, -0.15) is 0 Å². The van der Waals surface area contributed by atoms with Gasteiger partial charge in [0.1, 0.15) is 95.2 Å². The Balaban J connectivity index is 1.19. The van der Waals surface area contributed by atoms with Gasteiger partial charge in [-0.3, -0.25) is 0 Å². The third-order valence-electron chi connectivity index (χ3n) is 13.5. The summed E-state index contributed by atoms with van der Waals surface area (Å²) in [5, 5.41) is 7.44. The zero-order chi connectivity index (χ0) is 38.2. The first-order chi connectivity index (χ1) is 26.5. The number of hydrogen-bond acceptors (Lipinski definition) is 2. The molecule has 0 aliphatic rings. The molecule has 7 aromatic carbocycles. The van der Waals surface area contributed by atoms with Gasteiger partial charge < -0.3 is 13.4 Å². The summed E-state index contributed by atoms with van der Waals surface area (Å²) in [6, 6.07) is 32.7. The molecule has 0 fully saturated rings. The lowest BCUT2D eigenvalue weighted by Crippen LogP contribution is -2.48. The summed E-state index contributed by atoms with van der Waals surface area (Å²) in [4.78, 5) is 0. The summed E-state index contributed by atoms with van der Waals surface area (Å²) in [6.45, 7) is 0. The SMILES string of the molecule is Bc1c(B)c(B)c2c(oc3c2c(B)c(B)c2c4c(B)c(B)c(B)c(B)c4n(-c4ccc(-c5ccc(-c6cccc7oc8ccccc8c67)cc5)cc4)c32)c1B. The number of aromatic nitrogens is 1. The fourth-order valence-corrected chi connectivity index (χ4v) is 9.59. The smallest absolute Gasteiger partial charge is 0.159 e. The zero-order valence-corrected chi connectivity index (χ0v) is 33.4. The van der Waals surface area contributed by atoms with Gasteiger partial charge in [0.05, 0.1) is 5.52 Å². The van der Waals surface area contributed by atoms with Crippen LogP contribution >= 0.6 is 0 Å². The Bertz CT molecular complexity index is 3310.